The van der Waals surface area contributed by atoms with Crippen molar-refractivity contribution in [3.8, 4) is 0 Å². The molecule has 2 N–H and O–H groups in total. The van der Waals surface area contributed by atoms with E-state index in [4.69, 9.17) is 0 Å². The highest BCUT2D eigenvalue weighted by Crippen LogP contribution is 2.27. The van der Waals surface area contributed by atoms with E-state index in [1.807, 2.05) is 18.2 Å². The van der Waals surface area contributed by atoms with E-state index in [0.717, 1.165) is 18.8 Å². The van der Waals surface area contributed by atoms with Crippen molar-refractivity contribution < 1.29 is 9.90 Å². The fourth-order valence-electron chi connectivity index (χ4n) is 4.90. The van der Waals surface area contributed by atoms with Gasteiger partial charge in [0.05, 0.1) is 11.4 Å². The number of unbranched alkanes of at least 4 members (excludes halogenated alkanes) is 18. The first kappa shape index (κ1) is 31.3. The molecule has 0 aliphatic rings. The molecule has 0 unspecified atom stereocenters. The first-order valence-corrected chi connectivity index (χ1v) is 15.0. The zero-order valence-corrected chi connectivity index (χ0v) is 23.2. The molecule has 4 heteroatoms. The molecular weight excluding hydrogens is 432 g/mol. The van der Waals surface area contributed by atoms with Gasteiger partial charge in [0.1, 0.15) is 0 Å². The Morgan fingerprint density at radius 1 is 0.629 bits per heavy atom. The van der Waals surface area contributed by atoms with Gasteiger partial charge in [-0.15, -0.1) is 0 Å². The number of benzene rings is 1. The van der Waals surface area contributed by atoms with E-state index in [-0.39, 0.29) is 0 Å². The van der Waals surface area contributed by atoms with Crippen LogP contribution in [0.3, 0.4) is 0 Å². The fourth-order valence-corrected chi connectivity index (χ4v) is 4.90. The Hall–Kier alpha value is -1.71. The van der Waals surface area contributed by atoms with Gasteiger partial charge in [0.2, 0.25) is 0 Å². The maximum absolute atomic E-state index is 11.3. The summed E-state index contributed by atoms with van der Waals surface area (Å²) in [5, 5.41) is 11.9. The van der Waals surface area contributed by atoms with E-state index < -0.39 is 6.09 Å². The number of anilines is 2. The lowest BCUT2D eigenvalue weighted by Crippen LogP contribution is -2.27. The molecule has 0 fully saturated rings. The molecule has 0 aliphatic carbocycles. The van der Waals surface area contributed by atoms with E-state index in [1.165, 1.54) is 128 Å². The average Bonchev–Trinajstić information content (AvgIpc) is 2.85. The fraction of sp³-hybridized carbons (Fsp3) is 0.774. The highest BCUT2D eigenvalue weighted by molar-refractivity contribution is 5.88. The summed E-state index contributed by atoms with van der Waals surface area (Å²) < 4.78 is 0. The first-order valence-electron chi connectivity index (χ1n) is 15.0. The molecular formula is C31H56N2O2. The van der Waals surface area contributed by atoms with E-state index in [2.05, 4.69) is 30.1 Å². The predicted molar refractivity (Wildman–Crippen MR) is 154 cm³/mol. The van der Waals surface area contributed by atoms with Crippen molar-refractivity contribution in [3.05, 3.63) is 24.3 Å². The number of hydrogen-bond donors (Lipinski definition) is 2. The smallest absolute Gasteiger partial charge is 0.409 e. The molecule has 1 amide bonds. The van der Waals surface area contributed by atoms with E-state index in [1.54, 1.807) is 0 Å². The number of carbonyl (C=O) groups is 1. The number of amides is 1. The summed E-state index contributed by atoms with van der Waals surface area (Å²) in [5.74, 6) is 0. The van der Waals surface area contributed by atoms with Gasteiger partial charge in [-0.05, 0) is 25.0 Å². The molecule has 35 heavy (non-hydrogen) atoms. The number of hydrogen-bond acceptors (Lipinski definition) is 2. The van der Waals surface area contributed by atoms with Crippen molar-refractivity contribution >= 4 is 17.5 Å². The van der Waals surface area contributed by atoms with Crippen LogP contribution < -0.4 is 10.2 Å². The van der Waals surface area contributed by atoms with Crippen LogP contribution in [0.4, 0.5) is 16.2 Å². The Morgan fingerprint density at radius 3 is 1.40 bits per heavy atom. The minimum absolute atomic E-state index is 0.708. The third kappa shape index (κ3) is 17.4. The van der Waals surface area contributed by atoms with Gasteiger partial charge in [-0.3, -0.25) is 5.32 Å². The Balaban J connectivity index is 2.38. The number of nitrogens with one attached hydrogen (secondary N) is 1. The zero-order chi connectivity index (χ0) is 25.4. The van der Waals surface area contributed by atoms with Crippen LogP contribution in [0, 0.1) is 0 Å². The lowest BCUT2D eigenvalue weighted by Gasteiger charge is -2.27. The lowest BCUT2D eigenvalue weighted by atomic mass is 10.1. The van der Waals surface area contributed by atoms with Gasteiger partial charge in [0.25, 0.3) is 0 Å². The van der Waals surface area contributed by atoms with Crippen molar-refractivity contribution in [1.82, 2.24) is 0 Å². The van der Waals surface area contributed by atoms with Crippen LogP contribution in [-0.2, 0) is 0 Å². The maximum atomic E-state index is 11.3. The molecule has 0 saturated heterocycles. The van der Waals surface area contributed by atoms with Crippen LogP contribution in [0.25, 0.3) is 0 Å². The predicted octanol–water partition coefficient (Wildman–Crippen LogP) is 10.4. The summed E-state index contributed by atoms with van der Waals surface area (Å²) in [4.78, 5) is 13.7. The highest BCUT2D eigenvalue weighted by atomic mass is 16.4. The van der Waals surface area contributed by atoms with Crippen molar-refractivity contribution in [1.29, 1.82) is 0 Å². The molecule has 0 atom stereocenters. The second-order valence-corrected chi connectivity index (χ2v) is 10.3. The molecule has 1 aromatic rings. The van der Waals surface area contributed by atoms with Gasteiger partial charge in [-0.2, -0.15) is 0 Å². The van der Waals surface area contributed by atoms with Gasteiger partial charge in [-0.1, -0.05) is 142 Å². The molecule has 0 aromatic heterocycles. The number of para-hydroxylation sites is 2. The third-order valence-electron chi connectivity index (χ3n) is 7.05. The molecule has 1 aromatic carbocycles. The average molecular weight is 489 g/mol. The Labute approximate surface area is 217 Å². The Bertz CT molecular complexity index is 596. The number of nitrogens with zero attached hydrogens (tertiary/aromatic N) is 1. The van der Waals surface area contributed by atoms with Gasteiger partial charge >= 0.3 is 6.09 Å². The molecule has 0 bridgehead atoms. The van der Waals surface area contributed by atoms with Crippen molar-refractivity contribution in [2.75, 3.05) is 23.3 Å². The molecule has 0 spiro atoms. The van der Waals surface area contributed by atoms with Crippen LogP contribution in [-0.4, -0.2) is 24.3 Å². The summed E-state index contributed by atoms with van der Waals surface area (Å²) >= 11 is 0. The Kier molecular flexibility index (Phi) is 20.3. The largest absolute Gasteiger partial charge is 0.465 e. The molecule has 1 rings (SSSR count). The van der Waals surface area contributed by atoms with Gasteiger partial charge in [0.15, 0.2) is 0 Å². The summed E-state index contributed by atoms with van der Waals surface area (Å²) in [6.07, 6.45) is 25.7. The first-order chi connectivity index (χ1) is 17.2. The summed E-state index contributed by atoms with van der Waals surface area (Å²) in [6.45, 7) is 6.56. The lowest BCUT2D eigenvalue weighted by molar-refractivity contribution is 0.210. The minimum Gasteiger partial charge on any atom is -0.465 e. The molecule has 0 saturated carbocycles. The van der Waals surface area contributed by atoms with Gasteiger partial charge in [0, 0.05) is 13.1 Å². The third-order valence-corrected chi connectivity index (χ3v) is 7.05. The van der Waals surface area contributed by atoms with Crippen LogP contribution in [0.2, 0.25) is 0 Å². The SMILES string of the molecule is CCCCCCCCCCCCN(CCCCCCCCCCCC)c1ccccc1NC(=O)O. The zero-order valence-electron chi connectivity index (χ0n) is 23.2. The molecule has 0 radical (unpaired) electrons. The molecule has 4 nitrogen and oxygen atoms in total. The quantitative estimate of drug-likeness (QED) is 0.142. The highest BCUT2D eigenvalue weighted by Gasteiger charge is 2.12. The van der Waals surface area contributed by atoms with Crippen LogP contribution in [0.1, 0.15) is 142 Å². The van der Waals surface area contributed by atoms with E-state index in [0.29, 0.717) is 5.69 Å². The minimum atomic E-state index is -0.990. The van der Waals surface area contributed by atoms with Gasteiger partial charge in [-0.25, -0.2) is 4.79 Å². The summed E-state index contributed by atoms with van der Waals surface area (Å²) in [5.41, 5.74) is 1.74. The molecule has 202 valence electrons. The van der Waals surface area contributed by atoms with Crippen molar-refractivity contribution in [2.24, 2.45) is 0 Å². The second kappa shape index (κ2) is 22.7. The number of rotatable bonds is 24. The summed E-state index contributed by atoms with van der Waals surface area (Å²) in [6, 6.07) is 7.88. The van der Waals surface area contributed by atoms with Crippen molar-refractivity contribution in [3.63, 3.8) is 0 Å². The topological polar surface area (TPSA) is 52.6 Å². The van der Waals surface area contributed by atoms with Crippen LogP contribution in [0.15, 0.2) is 24.3 Å². The molecule has 0 heterocycles. The van der Waals surface area contributed by atoms with Crippen LogP contribution in [0.5, 0.6) is 0 Å². The standard InChI is InChI=1S/C31H56N2O2/c1-3-5-7-9-11-13-15-17-19-23-27-33(30-26-22-21-25-29(30)32-31(34)35)28-24-20-18-16-14-12-10-8-6-4-2/h21-22,25-26,32H,3-20,23-24,27-28H2,1-2H3,(H,34,35). The maximum Gasteiger partial charge on any atom is 0.409 e. The van der Waals surface area contributed by atoms with Gasteiger partial charge < -0.3 is 10.0 Å². The van der Waals surface area contributed by atoms with Crippen LogP contribution >= 0.6 is 0 Å². The van der Waals surface area contributed by atoms with E-state index >= 15 is 0 Å². The monoisotopic (exact) mass is 488 g/mol. The normalized spacial score (nSPS) is 11.0. The van der Waals surface area contributed by atoms with Crippen molar-refractivity contribution in [2.45, 2.75) is 142 Å². The molecule has 0 aliphatic heterocycles. The summed E-state index contributed by atoms with van der Waals surface area (Å²) in [7, 11) is 0. The second-order valence-electron chi connectivity index (χ2n) is 10.3. The number of carboxylic acid groups (broad SMARTS) is 1. The van der Waals surface area contributed by atoms with E-state index in [9.17, 15) is 9.90 Å². The Morgan fingerprint density at radius 2 is 1.00 bits per heavy atom.